The van der Waals surface area contributed by atoms with E-state index in [1.807, 2.05) is 44.2 Å². The van der Waals surface area contributed by atoms with Gasteiger partial charge in [-0.25, -0.2) is 4.98 Å². The van der Waals surface area contributed by atoms with Crippen LogP contribution in [0, 0.1) is 0 Å². The van der Waals surface area contributed by atoms with Crippen molar-refractivity contribution in [3.63, 3.8) is 0 Å². The first-order valence-corrected chi connectivity index (χ1v) is 10.9. The molecule has 3 aromatic rings. The number of amides is 1. The molecule has 0 aliphatic heterocycles. The lowest BCUT2D eigenvalue weighted by atomic mass is 10.2. The molecule has 4 rings (SSSR count). The minimum atomic E-state index is -0.0577. The third kappa shape index (κ3) is 3.53. The summed E-state index contributed by atoms with van der Waals surface area (Å²) in [6.07, 6.45) is 3.08. The van der Waals surface area contributed by atoms with Gasteiger partial charge in [0, 0.05) is 10.9 Å². The molecule has 0 bridgehead atoms. The molecule has 2 heterocycles. The summed E-state index contributed by atoms with van der Waals surface area (Å²) < 4.78 is 1.65. The van der Waals surface area contributed by atoms with Gasteiger partial charge in [-0.05, 0) is 50.8 Å². The second kappa shape index (κ2) is 7.48. The zero-order valence-corrected chi connectivity index (χ0v) is 17.0. The Kier molecular flexibility index (Phi) is 5.06. The van der Waals surface area contributed by atoms with Gasteiger partial charge in [0.25, 0.3) is 5.56 Å². The van der Waals surface area contributed by atoms with Crippen LogP contribution in [-0.4, -0.2) is 27.3 Å². The Morgan fingerprint density at radius 1 is 1.30 bits per heavy atom. The maximum atomic E-state index is 13.4. The zero-order chi connectivity index (χ0) is 19.0. The van der Waals surface area contributed by atoms with Crippen LogP contribution in [0.5, 0.6) is 0 Å². The smallest absolute Gasteiger partial charge is 0.267 e. The number of fused-ring (bicyclic) bond motifs is 3. The molecule has 0 fully saturated rings. The van der Waals surface area contributed by atoms with Crippen molar-refractivity contribution in [2.45, 2.75) is 44.3 Å². The molecule has 1 N–H and O–H groups in total. The number of rotatable bonds is 5. The van der Waals surface area contributed by atoms with E-state index in [4.69, 9.17) is 4.98 Å². The molecule has 0 saturated heterocycles. The summed E-state index contributed by atoms with van der Waals surface area (Å²) in [4.78, 5) is 32.4. The van der Waals surface area contributed by atoms with E-state index in [9.17, 15) is 9.59 Å². The third-order valence-electron chi connectivity index (χ3n) is 4.50. The fourth-order valence-corrected chi connectivity index (χ4v) is 5.55. The van der Waals surface area contributed by atoms with Crippen LogP contribution in [0.25, 0.3) is 15.9 Å². The summed E-state index contributed by atoms with van der Waals surface area (Å²) in [7, 11) is 0. The Morgan fingerprint density at radius 2 is 2.07 bits per heavy atom. The van der Waals surface area contributed by atoms with Gasteiger partial charge in [-0.15, -0.1) is 11.3 Å². The third-order valence-corrected chi connectivity index (χ3v) is 6.63. The summed E-state index contributed by atoms with van der Waals surface area (Å²) in [6.45, 7) is 3.86. The number of thiophene rings is 1. The van der Waals surface area contributed by atoms with E-state index in [-0.39, 0.29) is 23.3 Å². The van der Waals surface area contributed by atoms with Crippen LogP contribution in [0.1, 0.15) is 30.7 Å². The molecule has 1 aliphatic carbocycles. The highest BCUT2D eigenvalue weighted by Gasteiger charge is 2.24. The zero-order valence-electron chi connectivity index (χ0n) is 15.3. The average Bonchev–Trinajstić information content (AvgIpc) is 3.20. The van der Waals surface area contributed by atoms with Gasteiger partial charge in [0.1, 0.15) is 4.83 Å². The SMILES string of the molecule is CC(C)NC(=O)CSc1nc2sc3c(c2c(=O)n1-c1ccccc1)CCC3. The van der Waals surface area contributed by atoms with E-state index >= 15 is 0 Å². The first-order valence-electron chi connectivity index (χ1n) is 9.09. The average molecular weight is 400 g/mol. The lowest BCUT2D eigenvalue weighted by molar-refractivity contribution is -0.119. The summed E-state index contributed by atoms with van der Waals surface area (Å²) >= 11 is 2.93. The van der Waals surface area contributed by atoms with Crippen molar-refractivity contribution in [1.29, 1.82) is 0 Å². The predicted molar refractivity (Wildman–Crippen MR) is 111 cm³/mol. The van der Waals surface area contributed by atoms with Crippen molar-refractivity contribution in [2.75, 3.05) is 5.75 Å². The van der Waals surface area contributed by atoms with Gasteiger partial charge in [-0.1, -0.05) is 30.0 Å². The molecule has 27 heavy (non-hydrogen) atoms. The van der Waals surface area contributed by atoms with Crippen LogP contribution in [0.15, 0.2) is 40.3 Å². The van der Waals surface area contributed by atoms with Gasteiger partial charge in [-0.3, -0.25) is 14.2 Å². The maximum absolute atomic E-state index is 13.4. The van der Waals surface area contributed by atoms with Gasteiger partial charge in [0.05, 0.1) is 16.8 Å². The topological polar surface area (TPSA) is 64.0 Å². The number of para-hydroxylation sites is 1. The molecule has 0 unspecified atom stereocenters. The number of nitrogens with one attached hydrogen (secondary N) is 1. The Hall–Kier alpha value is -2.12. The van der Waals surface area contributed by atoms with E-state index in [1.54, 1.807) is 15.9 Å². The Labute approximate surface area is 165 Å². The quantitative estimate of drug-likeness (QED) is 0.526. The number of aryl methyl sites for hydroxylation is 2. The van der Waals surface area contributed by atoms with Gasteiger partial charge in [-0.2, -0.15) is 0 Å². The van der Waals surface area contributed by atoms with Crippen LogP contribution in [-0.2, 0) is 17.6 Å². The van der Waals surface area contributed by atoms with Crippen LogP contribution in [0.3, 0.4) is 0 Å². The molecule has 2 aromatic heterocycles. The summed E-state index contributed by atoms with van der Waals surface area (Å²) in [5.74, 6) is 0.172. The first kappa shape index (κ1) is 18.3. The molecule has 0 atom stereocenters. The number of hydrogen-bond donors (Lipinski definition) is 1. The Balaban J connectivity index is 1.82. The molecule has 1 aliphatic rings. The fraction of sp³-hybridized carbons (Fsp3) is 0.350. The molecular weight excluding hydrogens is 378 g/mol. The number of aromatic nitrogens is 2. The summed E-state index contributed by atoms with van der Waals surface area (Å²) in [5, 5.41) is 4.21. The fourth-order valence-electron chi connectivity index (χ4n) is 3.42. The number of thioether (sulfide) groups is 1. The molecule has 1 amide bonds. The lowest BCUT2D eigenvalue weighted by Gasteiger charge is -2.13. The molecule has 5 nitrogen and oxygen atoms in total. The maximum Gasteiger partial charge on any atom is 0.267 e. The molecule has 1 aromatic carbocycles. The summed E-state index contributed by atoms with van der Waals surface area (Å²) in [6, 6.07) is 9.63. The monoisotopic (exact) mass is 399 g/mol. The van der Waals surface area contributed by atoms with Crippen LogP contribution in [0.4, 0.5) is 0 Å². The molecule has 140 valence electrons. The number of carbonyl (C=O) groups excluding carboxylic acids is 1. The van der Waals surface area contributed by atoms with Crippen LogP contribution >= 0.6 is 23.1 Å². The van der Waals surface area contributed by atoms with Crippen molar-refractivity contribution in [3.8, 4) is 5.69 Å². The van der Waals surface area contributed by atoms with E-state index in [0.29, 0.717) is 5.16 Å². The Bertz CT molecular complexity index is 1050. The van der Waals surface area contributed by atoms with Gasteiger partial charge in [0.15, 0.2) is 5.16 Å². The second-order valence-corrected chi connectivity index (χ2v) is 8.94. The first-order chi connectivity index (χ1) is 13.0. The van der Waals surface area contributed by atoms with Crippen LogP contribution < -0.4 is 10.9 Å². The van der Waals surface area contributed by atoms with E-state index < -0.39 is 0 Å². The van der Waals surface area contributed by atoms with Gasteiger partial charge < -0.3 is 5.32 Å². The number of nitrogens with zero attached hydrogens (tertiary/aromatic N) is 2. The molecule has 0 saturated carbocycles. The summed E-state index contributed by atoms with van der Waals surface area (Å²) in [5.41, 5.74) is 1.92. The minimum absolute atomic E-state index is 0.0302. The predicted octanol–water partition coefficient (Wildman–Crippen LogP) is 3.55. The van der Waals surface area contributed by atoms with Crippen molar-refractivity contribution < 1.29 is 4.79 Å². The number of benzene rings is 1. The highest BCUT2D eigenvalue weighted by molar-refractivity contribution is 7.99. The van der Waals surface area contributed by atoms with Gasteiger partial charge >= 0.3 is 0 Å². The Morgan fingerprint density at radius 3 is 2.81 bits per heavy atom. The largest absolute Gasteiger partial charge is 0.353 e. The number of hydrogen-bond acceptors (Lipinski definition) is 5. The van der Waals surface area contributed by atoms with Crippen LogP contribution in [0.2, 0.25) is 0 Å². The van der Waals surface area contributed by atoms with Crippen molar-refractivity contribution in [3.05, 3.63) is 51.1 Å². The lowest BCUT2D eigenvalue weighted by Crippen LogP contribution is -2.32. The molecule has 7 heteroatoms. The highest BCUT2D eigenvalue weighted by Crippen LogP contribution is 2.36. The molecular formula is C20H21N3O2S2. The highest BCUT2D eigenvalue weighted by atomic mass is 32.2. The standard InChI is InChI=1S/C20H21N3O2S2/c1-12(2)21-16(24)11-26-20-22-18-17(14-9-6-10-15(14)27-18)19(25)23(20)13-7-4-3-5-8-13/h3-5,7-8,12H,6,9-11H2,1-2H3,(H,21,24). The molecule has 0 radical (unpaired) electrons. The van der Waals surface area contributed by atoms with Crippen molar-refractivity contribution in [1.82, 2.24) is 14.9 Å². The van der Waals surface area contributed by atoms with Crippen molar-refractivity contribution in [2.24, 2.45) is 0 Å². The number of carbonyl (C=O) groups is 1. The second-order valence-electron chi connectivity index (χ2n) is 6.92. The van der Waals surface area contributed by atoms with E-state index in [0.717, 1.165) is 35.2 Å². The van der Waals surface area contributed by atoms with E-state index in [1.165, 1.54) is 22.2 Å². The minimum Gasteiger partial charge on any atom is -0.353 e. The van der Waals surface area contributed by atoms with Crippen molar-refractivity contribution >= 4 is 39.2 Å². The van der Waals surface area contributed by atoms with Gasteiger partial charge in [0.2, 0.25) is 5.91 Å². The normalized spacial score (nSPS) is 13.3. The molecule has 0 spiro atoms. The van der Waals surface area contributed by atoms with E-state index in [2.05, 4.69) is 5.32 Å².